The van der Waals surface area contributed by atoms with Crippen LogP contribution in [0.25, 0.3) is 0 Å². The van der Waals surface area contributed by atoms with Crippen LogP contribution in [0.2, 0.25) is 0 Å². The summed E-state index contributed by atoms with van der Waals surface area (Å²) in [6.45, 7) is 2.00. The van der Waals surface area contributed by atoms with Crippen LogP contribution < -0.4 is 5.73 Å². The lowest BCUT2D eigenvalue weighted by molar-refractivity contribution is -0.143. The van der Waals surface area contributed by atoms with Crippen LogP contribution in [0.4, 0.5) is 5.69 Å². The topological polar surface area (TPSA) is 89.7 Å². The van der Waals surface area contributed by atoms with Crippen LogP contribution in [0.1, 0.15) is 13.3 Å². The van der Waals surface area contributed by atoms with E-state index in [2.05, 4.69) is 15.9 Å². The van der Waals surface area contributed by atoms with Gasteiger partial charge in [0.05, 0.1) is 18.7 Å². The first kappa shape index (κ1) is 16.9. The third-order valence-electron chi connectivity index (χ3n) is 2.60. The van der Waals surface area contributed by atoms with Gasteiger partial charge in [-0.3, -0.25) is 4.79 Å². The molecule has 0 radical (unpaired) electrons. The number of carbonyl (C=O) groups is 1. The van der Waals surface area contributed by atoms with Crippen LogP contribution in [0.15, 0.2) is 27.6 Å². The highest BCUT2D eigenvalue weighted by molar-refractivity contribution is 9.10. The highest BCUT2D eigenvalue weighted by atomic mass is 79.9. The molecule has 0 saturated carbocycles. The Labute approximate surface area is 127 Å². The Morgan fingerprint density at radius 2 is 2.10 bits per heavy atom. The second-order valence-corrected chi connectivity index (χ2v) is 6.99. The maximum atomic E-state index is 12.3. The standard InChI is InChI=1S/C12H17BrN2O4S/c1-3-19-12(16)6-7-15(2)20(17,18)11-8-9(13)4-5-10(11)14/h4-5,8H,3,6-7,14H2,1-2H3. The van der Waals surface area contributed by atoms with Gasteiger partial charge in [-0.15, -0.1) is 0 Å². The Kier molecular flexibility index (Phi) is 5.97. The van der Waals surface area contributed by atoms with E-state index in [1.165, 1.54) is 19.2 Å². The third-order valence-corrected chi connectivity index (χ3v) is 5.01. The second-order valence-electron chi connectivity index (χ2n) is 4.06. The van der Waals surface area contributed by atoms with Crippen LogP contribution in [0, 0.1) is 0 Å². The van der Waals surface area contributed by atoms with E-state index in [9.17, 15) is 13.2 Å². The summed E-state index contributed by atoms with van der Waals surface area (Å²) in [5.41, 5.74) is 5.86. The number of hydrogen-bond acceptors (Lipinski definition) is 5. The Morgan fingerprint density at radius 3 is 2.70 bits per heavy atom. The molecule has 6 nitrogen and oxygen atoms in total. The maximum Gasteiger partial charge on any atom is 0.307 e. The number of halogens is 1. The average Bonchev–Trinajstić information content (AvgIpc) is 2.38. The second kappa shape index (κ2) is 7.05. The molecule has 8 heteroatoms. The fraction of sp³-hybridized carbons (Fsp3) is 0.417. The molecule has 0 fully saturated rings. The molecule has 0 atom stereocenters. The van der Waals surface area contributed by atoms with E-state index in [0.717, 1.165) is 4.31 Å². The Balaban J connectivity index is 2.87. The molecule has 0 saturated heterocycles. The number of anilines is 1. The van der Waals surface area contributed by atoms with Crippen molar-refractivity contribution in [2.24, 2.45) is 0 Å². The Bertz CT molecular complexity index is 589. The molecule has 0 spiro atoms. The summed E-state index contributed by atoms with van der Waals surface area (Å²) < 4.78 is 31.2. The van der Waals surface area contributed by atoms with Gasteiger partial charge in [-0.05, 0) is 25.1 Å². The van der Waals surface area contributed by atoms with Crippen LogP contribution in [0.5, 0.6) is 0 Å². The normalized spacial score (nSPS) is 11.6. The van der Waals surface area contributed by atoms with Crippen molar-refractivity contribution >= 4 is 37.6 Å². The predicted octanol–water partition coefficient (Wildman–Crippen LogP) is 1.61. The molecule has 0 aliphatic rings. The molecule has 20 heavy (non-hydrogen) atoms. The first-order valence-corrected chi connectivity index (χ1v) is 8.19. The van der Waals surface area contributed by atoms with E-state index < -0.39 is 16.0 Å². The lowest BCUT2D eigenvalue weighted by Gasteiger charge is -2.18. The van der Waals surface area contributed by atoms with Crippen molar-refractivity contribution in [1.29, 1.82) is 0 Å². The highest BCUT2D eigenvalue weighted by Crippen LogP contribution is 2.25. The largest absolute Gasteiger partial charge is 0.466 e. The van der Waals surface area contributed by atoms with Crippen molar-refractivity contribution in [1.82, 2.24) is 4.31 Å². The van der Waals surface area contributed by atoms with E-state index in [4.69, 9.17) is 10.5 Å². The molecular weight excluding hydrogens is 348 g/mol. The molecule has 2 N–H and O–H groups in total. The monoisotopic (exact) mass is 364 g/mol. The summed E-state index contributed by atoms with van der Waals surface area (Å²) in [4.78, 5) is 11.3. The number of rotatable bonds is 6. The molecule has 1 rings (SSSR count). The van der Waals surface area contributed by atoms with Gasteiger partial charge < -0.3 is 10.5 Å². The number of nitrogens with two attached hydrogens (primary N) is 1. The molecule has 112 valence electrons. The first-order chi connectivity index (χ1) is 9.28. The number of carbonyl (C=O) groups excluding carboxylic acids is 1. The summed E-state index contributed by atoms with van der Waals surface area (Å²) >= 11 is 3.21. The number of ether oxygens (including phenoxy) is 1. The van der Waals surface area contributed by atoms with Crippen molar-refractivity contribution in [3.63, 3.8) is 0 Å². The zero-order valence-electron chi connectivity index (χ0n) is 11.3. The molecule has 0 aromatic heterocycles. The number of hydrogen-bond donors (Lipinski definition) is 1. The number of sulfonamides is 1. The highest BCUT2D eigenvalue weighted by Gasteiger charge is 2.24. The molecule has 0 aliphatic heterocycles. The molecule has 0 unspecified atom stereocenters. The van der Waals surface area contributed by atoms with Gasteiger partial charge in [0.1, 0.15) is 4.90 Å². The van der Waals surface area contributed by atoms with Crippen LogP contribution in [0.3, 0.4) is 0 Å². The van der Waals surface area contributed by atoms with Crippen molar-refractivity contribution in [2.75, 3.05) is 25.9 Å². The zero-order chi connectivity index (χ0) is 15.3. The minimum Gasteiger partial charge on any atom is -0.466 e. The smallest absolute Gasteiger partial charge is 0.307 e. The minimum absolute atomic E-state index is 0.00250. The van der Waals surface area contributed by atoms with Gasteiger partial charge in [0.15, 0.2) is 0 Å². The summed E-state index contributed by atoms with van der Waals surface area (Å²) in [5.74, 6) is -0.434. The average molecular weight is 365 g/mol. The summed E-state index contributed by atoms with van der Waals surface area (Å²) in [5, 5.41) is 0. The minimum atomic E-state index is -3.73. The van der Waals surface area contributed by atoms with Gasteiger partial charge >= 0.3 is 5.97 Å². The van der Waals surface area contributed by atoms with E-state index in [1.54, 1.807) is 13.0 Å². The summed E-state index contributed by atoms with van der Waals surface area (Å²) in [6, 6.07) is 4.61. The molecule has 1 aromatic rings. The van der Waals surface area contributed by atoms with Gasteiger partial charge in [0.2, 0.25) is 10.0 Å². The number of nitrogens with zero attached hydrogens (tertiary/aromatic N) is 1. The third kappa shape index (κ3) is 4.19. The molecule has 0 aliphatic carbocycles. The van der Waals surface area contributed by atoms with E-state index in [-0.39, 0.29) is 30.2 Å². The van der Waals surface area contributed by atoms with Gasteiger partial charge in [-0.25, -0.2) is 12.7 Å². The molecule has 0 heterocycles. The molecule has 0 bridgehead atoms. The van der Waals surface area contributed by atoms with Crippen LogP contribution in [-0.2, 0) is 19.6 Å². The lowest BCUT2D eigenvalue weighted by Crippen LogP contribution is -2.30. The van der Waals surface area contributed by atoms with Crippen LogP contribution in [-0.4, -0.2) is 38.9 Å². The molecule has 1 aromatic carbocycles. The summed E-state index contributed by atoms with van der Waals surface area (Å²) in [6.07, 6.45) is -0.00250. The fourth-order valence-corrected chi connectivity index (χ4v) is 3.32. The summed E-state index contributed by atoms with van der Waals surface area (Å²) in [7, 11) is -2.33. The van der Waals surface area contributed by atoms with Gasteiger partial charge in [0.25, 0.3) is 0 Å². The van der Waals surface area contributed by atoms with Crippen molar-refractivity contribution in [3.05, 3.63) is 22.7 Å². The lowest BCUT2D eigenvalue weighted by atomic mass is 10.3. The maximum absolute atomic E-state index is 12.3. The van der Waals surface area contributed by atoms with Crippen molar-refractivity contribution < 1.29 is 17.9 Å². The van der Waals surface area contributed by atoms with Crippen LogP contribution >= 0.6 is 15.9 Å². The quantitative estimate of drug-likeness (QED) is 0.611. The van der Waals surface area contributed by atoms with Gasteiger partial charge in [0, 0.05) is 18.1 Å². The number of esters is 1. The Morgan fingerprint density at radius 1 is 1.45 bits per heavy atom. The zero-order valence-corrected chi connectivity index (χ0v) is 13.7. The van der Waals surface area contributed by atoms with Gasteiger partial charge in [-0.2, -0.15) is 0 Å². The number of benzene rings is 1. The first-order valence-electron chi connectivity index (χ1n) is 5.96. The predicted molar refractivity (Wildman–Crippen MR) is 79.6 cm³/mol. The van der Waals surface area contributed by atoms with E-state index in [1.807, 2.05) is 0 Å². The molecular formula is C12H17BrN2O4S. The fourth-order valence-electron chi connectivity index (χ4n) is 1.50. The van der Waals surface area contributed by atoms with E-state index >= 15 is 0 Å². The number of nitrogen functional groups attached to an aromatic ring is 1. The van der Waals surface area contributed by atoms with E-state index in [0.29, 0.717) is 4.47 Å². The Hall–Kier alpha value is -1.12. The molecule has 0 amide bonds. The van der Waals surface area contributed by atoms with Crippen molar-refractivity contribution in [3.8, 4) is 0 Å². The van der Waals surface area contributed by atoms with Gasteiger partial charge in [-0.1, -0.05) is 15.9 Å². The van der Waals surface area contributed by atoms with Crippen molar-refractivity contribution in [2.45, 2.75) is 18.2 Å². The SMILES string of the molecule is CCOC(=O)CCN(C)S(=O)(=O)c1cc(Br)ccc1N.